The summed E-state index contributed by atoms with van der Waals surface area (Å²) in [7, 11) is 0. The minimum Gasteiger partial charge on any atom is -0.408 e. The molecule has 0 fully saturated rings. The molecule has 0 radical (unpaired) electrons. The summed E-state index contributed by atoms with van der Waals surface area (Å²) < 4.78 is 7.77. The number of nitrogens with zero attached hydrogens (tertiary/aromatic N) is 3. The van der Waals surface area contributed by atoms with Crippen molar-refractivity contribution in [1.29, 1.82) is 0 Å². The second kappa shape index (κ2) is 6.08. The largest absolute Gasteiger partial charge is 0.417 e. The molecule has 3 aromatic rings. The lowest BCUT2D eigenvalue weighted by Gasteiger charge is -2.04. The number of aromatic nitrogens is 4. The number of hydrogen-bond acceptors (Lipinski definition) is 5. The number of hydrogen-bond donors (Lipinski definition) is 2. The zero-order valence-electron chi connectivity index (χ0n) is 13.4. The van der Waals surface area contributed by atoms with Gasteiger partial charge in [-0.2, -0.15) is 5.10 Å². The van der Waals surface area contributed by atoms with E-state index >= 15 is 0 Å². The highest BCUT2D eigenvalue weighted by molar-refractivity contribution is 5.92. The fourth-order valence-electron chi connectivity index (χ4n) is 3.09. The molecule has 0 atom stereocenters. The Balaban J connectivity index is 1.51. The Morgan fingerprint density at radius 1 is 1.28 bits per heavy atom. The van der Waals surface area contributed by atoms with Crippen LogP contribution in [0.25, 0.3) is 11.1 Å². The molecule has 0 unspecified atom stereocenters. The van der Waals surface area contributed by atoms with Gasteiger partial charge in [0.2, 0.25) is 5.91 Å². The highest BCUT2D eigenvalue weighted by Gasteiger charge is 2.17. The molecule has 3 heterocycles. The molecule has 0 saturated carbocycles. The summed E-state index contributed by atoms with van der Waals surface area (Å²) in [5, 5.41) is 6.99. The first kappa shape index (κ1) is 15.4. The van der Waals surface area contributed by atoms with Crippen LogP contribution in [0.5, 0.6) is 0 Å². The van der Waals surface area contributed by atoms with Crippen LogP contribution in [0, 0.1) is 0 Å². The average molecular weight is 343 g/mol. The summed E-state index contributed by atoms with van der Waals surface area (Å²) in [6.45, 7) is 0.499. The van der Waals surface area contributed by atoms with Gasteiger partial charge in [-0.3, -0.25) is 14.3 Å². The van der Waals surface area contributed by atoms with Gasteiger partial charge in [0.1, 0.15) is 12.4 Å². The van der Waals surface area contributed by atoms with Gasteiger partial charge >= 0.3 is 11.4 Å². The predicted molar refractivity (Wildman–Crippen MR) is 89.5 cm³/mol. The van der Waals surface area contributed by atoms with Gasteiger partial charge in [0.15, 0.2) is 5.58 Å². The van der Waals surface area contributed by atoms with Crippen LogP contribution in [-0.2, 0) is 24.3 Å². The van der Waals surface area contributed by atoms with Gasteiger partial charge in [-0.25, -0.2) is 14.3 Å². The van der Waals surface area contributed by atoms with Crippen molar-refractivity contribution in [3.05, 3.63) is 45.1 Å². The van der Waals surface area contributed by atoms with Crippen molar-refractivity contribution < 1.29 is 9.21 Å². The highest BCUT2D eigenvalue weighted by Crippen LogP contribution is 2.16. The zero-order valence-corrected chi connectivity index (χ0v) is 13.4. The number of carbonyl (C=O) groups excluding carboxylic acids is 1. The third-order valence-corrected chi connectivity index (χ3v) is 4.28. The number of anilines is 1. The quantitative estimate of drug-likeness (QED) is 0.731. The zero-order chi connectivity index (χ0) is 17.4. The van der Waals surface area contributed by atoms with Crippen LogP contribution < -0.4 is 16.8 Å². The van der Waals surface area contributed by atoms with Crippen LogP contribution in [0.15, 0.2) is 32.2 Å². The Bertz CT molecular complexity index is 1050. The van der Waals surface area contributed by atoms with Gasteiger partial charge in [0.05, 0.1) is 5.52 Å². The molecule has 4 rings (SSSR count). The Kier molecular flexibility index (Phi) is 3.75. The van der Waals surface area contributed by atoms with Crippen LogP contribution in [0.2, 0.25) is 0 Å². The molecular formula is C16H17N5O4. The van der Waals surface area contributed by atoms with Crippen molar-refractivity contribution in [3.8, 4) is 0 Å². The Morgan fingerprint density at radius 3 is 3.04 bits per heavy atom. The van der Waals surface area contributed by atoms with Crippen molar-refractivity contribution in [2.24, 2.45) is 0 Å². The van der Waals surface area contributed by atoms with E-state index in [0.717, 1.165) is 31.5 Å². The number of benzene rings is 1. The first-order valence-corrected chi connectivity index (χ1v) is 8.19. The van der Waals surface area contributed by atoms with Crippen molar-refractivity contribution >= 4 is 22.7 Å². The molecule has 0 bridgehead atoms. The topological polar surface area (TPSA) is 115 Å². The SMILES string of the molecule is O=C(Cn1nc2n(c1=O)CCCCC2)Nc1ccc2oc(=O)[nH]c2c1. The van der Waals surface area contributed by atoms with E-state index in [9.17, 15) is 14.4 Å². The minimum atomic E-state index is -0.551. The molecule has 9 heteroatoms. The average Bonchev–Trinajstić information content (AvgIpc) is 2.96. The normalized spacial score (nSPS) is 14.2. The van der Waals surface area contributed by atoms with Gasteiger partial charge in [-0.05, 0) is 31.0 Å². The molecule has 0 saturated heterocycles. The fraction of sp³-hybridized carbons (Fsp3) is 0.375. The molecule has 1 amide bonds. The first-order valence-electron chi connectivity index (χ1n) is 8.19. The standard InChI is InChI=1S/C16H17N5O4/c22-14(17-10-5-6-12-11(8-10)18-15(23)25-12)9-21-16(24)20-7-3-1-2-4-13(20)19-21/h5-6,8H,1-4,7,9H2,(H,17,22)(H,18,23). The lowest BCUT2D eigenvalue weighted by atomic mass is 10.2. The lowest BCUT2D eigenvalue weighted by molar-refractivity contribution is -0.117. The van der Waals surface area contributed by atoms with E-state index in [2.05, 4.69) is 15.4 Å². The molecule has 130 valence electrons. The summed E-state index contributed by atoms with van der Waals surface area (Å²) in [5.41, 5.74) is 1.16. The van der Waals surface area contributed by atoms with Crippen LogP contribution >= 0.6 is 0 Å². The maximum Gasteiger partial charge on any atom is 0.417 e. The number of oxazole rings is 1. The maximum absolute atomic E-state index is 12.4. The number of nitrogens with one attached hydrogen (secondary N) is 2. The number of rotatable bonds is 3. The third kappa shape index (κ3) is 3.00. The molecule has 9 nitrogen and oxygen atoms in total. The summed E-state index contributed by atoms with van der Waals surface area (Å²) in [6.07, 6.45) is 3.80. The number of amides is 1. The van der Waals surface area contributed by atoms with Crippen molar-refractivity contribution in [1.82, 2.24) is 19.3 Å². The van der Waals surface area contributed by atoms with Gasteiger partial charge in [0.25, 0.3) is 0 Å². The van der Waals surface area contributed by atoms with Crippen molar-refractivity contribution in [2.75, 3.05) is 5.32 Å². The van der Waals surface area contributed by atoms with E-state index < -0.39 is 5.76 Å². The molecule has 1 aliphatic rings. The molecular weight excluding hydrogens is 326 g/mol. The Labute approximate surface area is 141 Å². The number of carbonyl (C=O) groups is 1. The number of fused-ring (bicyclic) bond motifs is 2. The van der Waals surface area contributed by atoms with E-state index in [-0.39, 0.29) is 18.1 Å². The molecule has 1 aromatic carbocycles. The second-order valence-corrected chi connectivity index (χ2v) is 6.09. The molecule has 2 N–H and O–H groups in total. The van der Waals surface area contributed by atoms with Crippen molar-refractivity contribution in [2.45, 2.75) is 38.8 Å². The molecule has 2 aromatic heterocycles. The second-order valence-electron chi connectivity index (χ2n) is 6.09. The summed E-state index contributed by atoms with van der Waals surface area (Å²) in [4.78, 5) is 38.3. The fourth-order valence-corrected chi connectivity index (χ4v) is 3.09. The summed E-state index contributed by atoms with van der Waals surface area (Å²) in [5.74, 6) is -0.169. The Hall–Kier alpha value is -3.10. The van der Waals surface area contributed by atoms with E-state index in [1.165, 1.54) is 4.68 Å². The van der Waals surface area contributed by atoms with Crippen LogP contribution in [-0.4, -0.2) is 25.2 Å². The smallest absolute Gasteiger partial charge is 0.408 e. The summed E-state index contributed by atoms with van der Waals surface area (Å²) >= 11 is 0. The van der Waals surface area contributed by atoms with Crippen LogP contribution in [0.3, 0.4) is 0 Å². The number of H-pyrrole nitrogens is 1. The third-order valence-electron chi connectivity index (χ3n) is 4.28. The molecule has 0 aliphatic carbocycles. The lowest BCUT2D eigenvalue weighted by Crippen LogP contribution is -2.30. The van der Waals surface area contributed by atoms with Crippen molar-refractivity contribution in [3.63, 3.8) is 0 Å². The molecule has 25 heavy (non-hydrogen) atoms. The molecule has 1 aliphatic heterocycles. The highest BCUT2D eigenvalue weighted by atomic mass is 16.4. The van der Waals surface area contributed by atoms with Gasteiger partial charge < -0.3 is 9.73 Å². The predicted octanol–water partition coefficient (Wildman–Crippen LogP) is 0.844. The van der Waals surface area contributed by atoms with E-state index in [1.807, 2.05) is 0 Å². The number of aryl methyl sites for hydroxylation is 1. The Morgan fingerprint density at radius 2 is 2.16 bits per heavy atom. The van der Waals surface area contributed by atoms with E-state index in [1.54, 1.807) is 22.8 Å². The minimum absolute atomic E-state index is 0.154. The summed E-state index contributed by atoms with van der Waals surface area (Å²) in [6, 6.07) is 4.82. The van der Waals surface area contributed by atoms with E-state index in [4.69, 9.17) is 4.42 Å². The van der Waals surface area contributed by atoms with Crippen LogP contribution in [0.4, 0.5) is 5.69 Å². The van der Waals surface area contributed by atoms with Gasteiger partial charge in [0, 0.05) is 18.7 Å². The molecule has 0 spiro atoms. The van der Waals surface area contributed by atoms with Gasteiger partial charge in [-0.15, -0.1) is 0 Å². The monoisotopic (exact) mass is 343 g/mol. The van der Waals surface area contributed by atoms with Crippen LogP contribution in [0.1, 0.15) is 25.1 Å². The van der Waals surface area contributed by atoms with E-state index in [0.29, 0.717) is 23.3 Å². The number of aromatic amines is 1. The maximum atomic E-state index is 12.4. The first-order chi connectivity index (χ1) is 12.1. The van der Waals surface area contributed by atoms with Gasteiger partial charge in [-0.1, -0.05) is 6.42 Å².